The third-order valence-corrected chi connectivity index (χ3v) is 13.3. The van der Waals surface area contributed by atoms with Crippen LogP contribution in [0.5, 0.6) is 0 Å². The first-order valence-corrected chi connectivity index (χ1v) is 25.1. The molecule has 0 spiro atoms. The van der Waals surface area contributed by atoms with Crippen LogP contribution in [0.3, 0.4) is 0 Å². The van der Waals surface area contributed by atoms with Crippen molar-refractivity contribution in [1.29, 1.82) is 0 Å². The Labute approximate surface area is 350 Å². The molecule has 0 heterocycles. The van der Waals surface area contributed by atoms with E-state index in [1.165, 1.54) is 151 Å². The first kappa shape index (κ1) is 51.8. The molecule has 0 bridgehead atoms. The van der Waals surface area contributed by atoms with E-state index < -0.39 is 39.9 Å². The second kappa shape index (κ2) is 29.0. The molecule has 0 aliphatic carbocycles. The Hall–Kier alpha value is -2.26. The van der Waals surface area contributed by atoms with Crippen molar-refractivity contribution in [3.63, 3.8) is 0 Å². The summed E-state index contributed by atoms with van der Waals surface area (Å²) in [4.78, 5) is -1.44. The summed E-state index contributed by atoms with van der Waals surface area (Å²) >= 11 is 0.750. The predicted molar refractivity (Wildman–Crippen MR) is 217 cm³/mol. The summed E-state index contributed by atoms with van der Waals surface area (Å²) in [5, 5.41) is 0. The third kappa shape index (κ3) is 21.5. The van der Waals surface area contributed by atoms with Gasteiger partial charge in [0.15, 0.2) is 0 Å². The molecule has 3 rings (SSSR count). The summed E-state index contributed by atoms with van der Waals surface area (Å²) in [5.74, 6) is 0. The molecule has 0 amide bonds. The van der Waals surface area contributed by atoms with Gasteiger partial charge in [-0.1, -0.05) is 148 Å². The van der Waals surface area contributed by atoms with Crippen molar-refractivity contribution in [2.45, 2.75) is 175 Å². The average Bonchev–Trinajstić information content (AvgIpc) is 3.17. The minimum absolute atomic E-state index is 0.104. The third-order valence-electron chi connectivity index (χ3n) is 9.61. The Bertz CT molecular complexity index is 1830. The number of sulfone groups is 1. The van der Waals surface area contributed by atoms with E-state index in [0.717, 1.165) is 64.1 Å². The van der Waals surface area contributed by atoms with E-state index in [9.17, 15) is 34.4 Å². The van der Waals surface area contributed by atoms with Gasteiger partial charge in [-0.25, -0.2) is 25.3 Å². The monoisotopic (exact) mass is 869 g/mol. The SMILES string of the molecule is CCCCCCCCCCCCc1ccc(S(=O)(=O)[O-])c(S(=O)(=O)c2ccc(N)cc2)c1.CCCCCCCCCCCCc1ccc(S(=O)(=O)[O-])cc1.[O]=[Ti+2]. The van der Waals surface area contributed by atoms with Gasteiger partial charge in [-0.05, 0) is 85.3 Å². The summed E-state index contributed by atoms with van der Waals surface area (Å²) < 4.78 is 102. The fraction of sp³-hybridized carbons (Fsp3) is 0.571. The van der Waals surface area contributed by atoms with E-state index >= 15 is 0 Å². The Morgan fingerprint density at radius 3 is 1.20 bits per heavy atom. The van der Waals surface area contributed by atoms with E-state index in [1.54, 1.807) is 12.1 Å². The zero-order valence-electron chi connectivity index (χ0n) is 33.4. The van der Waals surface area contributed by atoms with Gasteiger partial charge in [0, 0.05) is 5.69 Å². The van der Waals surface area contributed by atoms with Gasteiger partial charge >= 0.3 is 23.7 Å². The normalized spacial score (nSPS) is 11.7. The molecule has 0 aromatic heterocycles. The van der Waals surface area contributed by atoms with Crippen LogP contribution in [-0.2, 0) is 66.6 Å². The van der Waals surface area contributed by atoms with Crippen molar-refractivity contribution in [3.05, 3.63) is 77.9 Å². The first-order valence-electron chi connectivity index (χ1n) is 20.1. The van der Waals surface area contributed by atoms with Crippen molar-refractivity contribution < 1.29 is 58.1 Å². The molecule has 56 heavy (non-hydrogen) atoms. The van der Waals surface area contributed by atoms with Gasteiger partial charge in [0.25, 0.3) is 0 Å². The maximum atomic E-state index is 13.1. The molecular formula is C42H63NO9S3Ti. The molecule has 14 heteroatoms. The molecule has 0 saturated carbocycles. The minimum atomic E-state index is -4.95. The topological polar surface area (TPSA) is 192 Å². The van der Waals surface area contributed by atoms with Crippen molar-refractivity contribution in [1.82, 2.24) is 0 Å². The Kier molecular flexibility index (Phi) is 26.8. The maximum absolute atomic E-state index is 13.1. The van der Waals surface area contributed by atoms with E-state index in [2.05, 4.69) is 13.8 Å². The van der Waals surface area contributed by atoms with E-state index in [-0.39, 0.29) is 9.79 Å². The number of anilines is 1. The summed E-state index contributed by atoms with van der Waals surface area (Å²) in [7, 11) is -13.4. The number of nitrogen functional groups attached to an aromatic ring is 1. The number of aryl methyl sites for hydroxylation is 2. The van der Waals surface area contributed by atoms with Gasteiger partial charge in [-0.2, -0.15) is 0 Å². The molecule has 3 aromatic carbocycles. The molecule has 0 aliphatic rings. The quantitative estimate of drug-likeness (QED) is 0.0351. The molecule has 0 aliphatic heterocycles. The molecule has 0 radical (unpaired) electrons. The van der Waals surface area contributed by atoms with Gasteiger partial charge in [-0.15, -0.1) is 0 Å². The van der Waals surface area contributed by atoms with Crippen LogP contribution in [-0.4, -0.2) is 34.4 Å². The van der Waals surface area contributed by atoms with Crippen molar-refractivity contribution in [2.24, 2.45) is 0 Å². The summed E-state index contributed by atoms with van der Waals surface area (Å²) in [5.41, 5.74) is 7.80. The predicted octanol–water partition coefficient (Wildman–Crippen LogP) is 10.4. The van der Waals surface area contributed by atoms with Crippen LogP contribution < -0.4 is 5.73 Å². The van der Waals surface area contributed by atoms with Gasteiger partial charge in [-0.3, -0.25) is 0 Å². The summed E-state index contributed by atoms with van der Waals surface area (Å²) in [6, 6.07) is 15.7. The molecule has 10 nitrogen and oxygen atoms in total. The van der Waals surface area contributed by atoms with Gasteiger partial charge in [0.2, 0.25) is 9.84 Å². The molecule has 0 atom stereocenters. The van der Waals surface area contributed by atoms with Gasteiger partial charge in [0.05, 0.1) is 19.6 Å². The van der Waals surface area contributed by atoms with Crippen LogP contribution in [0, 0.1) is 0 Å². The molecule has 0 saturated heterocycles. The summed E-state index contributed by atoms with van der Waals surface area (Å²) in [6.07, 6.45) is 26.6. The van der Waals surface area contributed by atoms with Gasteiger partial charge < -0.3 is 14.8 Å². The standard InChI is InChI=1S/C24H35NO5S2.C18H30O3S.O.Ti/c1-2-3-4-5-6-7-8-9-10-11-12-20-13-18-23(32(28,29)30)24(19-20)31(26,27)22-16-14-21(25)15-17-22;1-2-3-4-5-6-7-8-9-10-11-12-17-13-15-18(16-14-17)22(19,20)21;;/h13-19H,2-12,25H2,1H3,(H,28,29,30);13-16H,2-12H2,1H3,(H,19,20,21);;/q;;;+2/p-2. The molecule has 3 aromatic rings. The average molecular weight is 870 g/mol. The zero-order chi connectivity index (χ0) is 41.9. The van der Waals surface area contributed by atoms with Crippen LogP contribution in [0.4, 0.5) is 5.69 Å². The molecular weight excluding hydrogens is 807 g/mol. The number of rotatable bonds is 26. The molecule has 2 N–H and O–H groups in total. The first-order chi connectivity index (χ1) is 26.7. The van der Waals surface area contributed by atoms with E-state index in [1.807, 2.05) is 0 Å². The molecule has 312 valence electrons. The number of nitrogens with two attached hydrogens (primary N) is 1. The Morgan fingerprint density at radius 1 is 0.446 bits per heavy atom. The molecule has 0 unspecified atom stereocenters. The van der Waals surface area contributed by atoms with Crippen LogP contribution in [0.25, 0.3) is 0 Å². The van der Waals surface area contributed by atoms with Crippen molar-refractivity contribution >= 4 is 35.8 Å². The number of unbranched alkanes of at least 4 members (excludes halogenated alkanes) is 18. The fourth-order valence-electron chi connectivity index (χ4n) is 6.35. The zero-order valence-corrected chi connectivity index (χ0v) is 37.4. The van der Waals surface area contributed by atoms with Crippen LogP contribution >= 0.6 is 0 Å². The Balaban J connectivity index is 0.000000571. The molecule has 0 fully saturated rings. The van der Waals surface area contributed by atoms with Crippen LogP contribution in [0.2, 0.25) is 0 Å². The van der Waals surface area contributed by atoms with Crippen LogP contribution in [0.15, 0.2) is 86.3 Å². The second-order valence-corrected chi connectivity index (χ2v) is 18.9. The summed E-state index contributed by atoms with van der Waals surface area (Å²) in [6.45, 7) is 4.45. The van der Waals surface area contributed by atoms with Gasteiger partial charge in [0.1, 0.15) is 20.2 Å². The fourth-order valence-corrected chi connectivity index (χ4v) is 9.39. The number of hydrogen-bond donors (Lipinski definition) is 1. The number of benzene rings is 3. The van der Waals surface area contributed by atoms with Crippen molar-refractivity contribution in [2.75, 3.05) is 5.73 Å². The Morgan fingerprint density at radius 2 is 0.804 bits per heavy atom. The van der Waals surface area contributed by atoms with Crippen LogP contribution in [0.1, 0.15) is 153 Å². The number of hydrogen-bond acceptors (Lipinski definition) is 10. The van der Waals surface area contributed by atoms with Crippen molar-refractivity contribution in [3.8, 4) is 0 Å². The van der Waals surface area contributed by atoms with E-state index in [4.69, 9.17) is 9.06 Å². The van der Waals surface area contributed by atoms with E-state index in [0.29, 0.717) is 17.7 Å². The second-order valence-electron chi connectivity index (χ2n) is 14.3.